The molecule has 1 aliphatic rings. The molecule has 0 unspecified atom stereocenters. The van der Waals surface area contributed by atoms with E-state index in [4.69, 9.17) is 9.47 Å². The van der Waals surface area contributed by atoms with E-state index in [-0.39, 0.29) is 11.9 Å². The molecule has 0 aromatic carbocycles. The van der Waals surface area contributed by atoms with Crippen molar-refractivity contribution in [2.45, 2.75) is 46.0 Å². The molecule has 11 heavy (non-hydrogen) atoms. The van der Waals surface area contributed by atoms with E-state index >= 15 is 0 Å². The zero-order valence-electron chi connectivity index (χ0n) is 7.89. The first-order valence-electron chi connectivity index (χ1n) is 4.27. The average molecular weight is 158 g/mol. The molecule has 1 aliphatic heterocycles. The highest BCUT2D eigenvalue weighted by Crippen LogP contribution is 2.23. The van der Waals surface area contributed by atoms with Gasteiger partial charge in [-0.1, -0.05) is 6.92 Å². The predicted octanol–water partition coefficient (Wildman–Crippen LogP) is 2.18. The van der Waals surface area contributed by atoms with Gasteiger partial charge in [-0.15, -0.1) is 0 Å². The van der Waals surface area contributed by atoms with Crippen LogP contribution in [0.5, 0.6) is 0 Å². The highest BCUT2D eigenvalue weighted by molar-refractivity contribution is 4.67. The number of rotatable bonds is 1. The molecule has 0 spiro atoms. The highest BCUT2D eigenvalue weighted by Gasteiger charge is 2.26. The summed E-state index contributed by atoms with van der Waals surface area (Å²) in [5.74, 6) is 0.655. The van der Waals surface area contributed by atoms with Crippen molar-refractivity contribution in [3.63, 3.8) is 0 Å². The third-order valence-electron chi connectivity index (χ3n) is 1.65. The second kappa shape index (κ2) is 3.11. The van der Waals surface area contributed by atoms with E-state index in [1.54, 1.807) is 0 Å². The van der Waals surface area contributed by atoms with E-state index < -0.39 is 0 Å². The van der Waals surface area contributed by atoms with Crippen molar-refractivity contribution in [3.8, 4) is 0 Å². The van der Waals surface area contributed by atoms with Crippen LogP contribution in [0.25, 0.3) is 0 Å². The van der Waals surface area contributed by atoms with Crippen LogP contribution in [0.2, 0.25) is 0 Å². The molecule has 2 atom stereocenters. The van der Waals surface area contributed by atoms with Crippen LogP contribution in [0.3, 0.4) is 0 Å². The van der Waals surface area contributed by atoms with Gasteiger partial charge >= 0.3 is 0 Å². The number of hydrogen-bond donors (Lipinski definition) is 0. The Morgan fingerprint density at radius 1 is 1.36 bits per heavy atom. The quantitative estimate of drug-likeness (QED) is 0.582. The Labute approximate surface area is 68.9 Å². The maximum absolute atomic E-state index is 5.65. The molecule has 0 aromatic heterocycles. The fourth-order valence-electron chi connectivity index (χ4n) is 1.21. The lowest BCUT2D eigenvalue weighted by Crippen LogP contribution is -2.26. The molecule has 0 amide bonds. The average Bonchev–Trinajstić information content (AvgIpc) is 2.10. The Balaban J connectivity index is 2.29. The van der Waals surface area contributed by atoms with Gasteiger partial charge in [0, 0.05) is 6.42 Å². The summed E-state index contributed by atoms with van der Waals surface area (Å²) in [6.45, 7) is 9.20. The van der Waals surface area contributed by atoms with Crippen molar-refractivity contribution in [3.05, 3.63) is 0 Å². The van der Waals surface area contributed by atoms with Gasteiger partial charge in [-0.2, -0.15) is 0 Å². The summed E-state index contributed by atoms with van der Waals surface area (Å²) in [7, 11) is 0. The summed E-state index contributed by atoms with van der Waals surface area (Å²) in [5, 5.41) is 0. The van der Waals surface area contributed by atoms with E-state index in [1.807, 2.05) is 0 Å². The van der Waals surface area contributed by atoms with Gasteiger partial charge in [0.2, 0.25) is 0 Å². The standard InChI is InChI=1S/C9H18O2/c1-7-5-8(10-6-7)11-9(2,3)4/h7-8H,5-6H2,1-4H3/t7-,8-/m0/s1. The summed E-state index contributed by atoms with van der Waals surface area (Å²) < 4.78 is 11.1. The molecular formula is C9H18O2. The van der Waals surface area contributed by atoms with Gasteiger partial charge in [-0.3, -0.25) is 0 Å². The molecule has 66 valence electrons. The van der Waals surface area contributed by atoms with Gasteiger partial charge in [0.15, 0.2) is 6.29 Å². The lowest BCUT2D eigenvalue weighted by molar-refractivity contribution is -0.171. The molecule has 0 aliphatic carbocycles. The molecule has 0 saturated carbocycles. The van der Waals surface area contributed by atoms with Crippen molar-refractivity contribution >= 4 is 0 Å². The van der Waals surface area contributed by atoms with Crippen molar-refractivity contribution in [1.82, 2.24) is 0 Å². The molecule has 1 rings (SSSR count). The van der Waals surface area contributed by atoms with Crippen LogP contribution in [0.15, 0.2) is 0 Å². The Hall–Kier alpha value is -0.0800. The minimum Gasteiger partial charge on any atom is -0.352 e. The molecule has 2 nitrogen and oxygen atoms in total. The van der Waals surface area contributed by atoms with Crippen LogP contribution in [0.1, 0.15) is 34.1 Å². The zero-order chi connectivity index (χ0) is 8.48. The predicted molar refractivity (Wildman–Crippen MR) is 44.4 cm³/mol. The van der Waals surface area contributed by atoms with Gasteiger partial charge < -0.3 is 9.47 Å². The fourth-order valence-corrected chi connectivity index (χ4v) is 1.21. The van der Waals surface area contributed by atoms with Crippen molar-refractivity contribution < 1.29 is 9.47 Å². The van der Waals surface area contributed by atoms with Crippen molar-refractivity contribution in [1.29, 1.82) is 0 Å². The smallest absolute Gasteiger partial charge is 0.158 e. The molecule has 2 heteroatoms. The summed E-state index contributed by atoms with van der Waals surface area (Å²) in [6.07, 6.45) is 1.07. The van der Waals surface area contributed by atoms with E-state index in [9.17, 15) is 0 Å². The second-order valence-corrected chi connectivity index (χ2v) is 4.33. The minimum atomic E-state index is -0.0747. The van der Waals surface area contributed by atoms with E-state index in [2.05, 4.69) is 27.7 Å². The van der Waals surface area contributed by atoms with Gasteiger partial charge in [-0.05, 0) is 26.7 Å². The Kier molecular flexibility index (Phi) is 2.55. The fraction of sp³-hybridized carbons (Fsp3) is 1.00. The van der Waals surface area contributed by atoms with Gasteiger partial charge in [0.1, 0.15) is 0 Å². The normalized spacial score (nSPS) is 32.7. The van der Waals surface area contributed by atoms with E-state index in [1.165, 1.54) is 0 Å². The second-order valence-electron chi connectivity index (χ2n) is 4.33. The van der Waals surface area contributed by atoms with Crippen LogP contribution in [0, 0.1) is 5.92 Å². The summed E-state index contributed by atoms with van der Waals surface area (Å²) in [5.41, 5.74) is -0.0747. The van der Waals surface area contributed by atoms with Crippen LogP contribution < -0.4 is 0 Å². The van der Waals surface area contributed by atoms with Gasteiger partial charge in [-0.25, -0.2) is 0 Å². The Bertz CT molecular complexity index is 126. The molecule has 1 fully saturated rings. The number of hydrogen-bond acceptors (Lipinski definition) is 2. The van der Waals surface area contributed by atoms with Crippen LogP contribution in [-0.4, -0.2) is 18.5 Å². The van der Waals surface area contributed by atoms with Gasteiger partial charge in [0.25, 0.3) is 0 Å². The maximum Gasteiger partial charge on any atom is 0.158 e. The van der Waals surface area contributed by atoms with Crippen molar-refractivity contribution in [2.24, 2.45) is 5.92 Å². The first-order chi connectivity index (χ1) is 4.97. The van der Waals surface area contributed by atoms with Crippen molar-refractivity contribution in [2.75, 3.05) is 6.61 Å². The van der Waals surface area contributed by atoms with E-state index in [0.29, 0.717) is 5.92 Å². The molecule has 1 saturated heterocycles. The van der Waals surface area contributed by atoms with Crippen LogP contribution >= 0.6 is 0 Å². The largest absolute Gasteiger partial charge is 0.352 e. The minimum absolute atomic E-state index is 0.0324. The molecule has 0 radical (unpaired) electrons. The summed E-state index contributed by atoms with van der Waals surface area (Å²) >= 11 is 0. The third kappa shape index (κ3) is 3.21. The zero-order valence-corrected chi connectivity index (χ0v) is 7.89. The van der Waals surface area contributed by atoms with E-state index in [0.717, 1.165) is 13.0 Å². The third-order valence-corrected chi connectivity index (χ3v) is 1.65. The molecule has 0 N–H and O–H groups in total. The first kappa shape index (κ1) is 9.01. The molecule has 0 aromatic rings. The van der Waals surface area contributed by atoms with Crippen LogP contribution in [0.4, 0.5) is 0 Å². The lowest BCUT2D eigenvalue weighted by atomic mass is 10.1. The Morgan fingerprint density at radius 3 is 2.36 bits per heavy atom. The lowest BCUT2D eigenvalue weighted by Gasteiger charge is -2.23. The topological polar surface area (TPSA) is 18.5 Å². The maximum atomic E-state index is 5.65. The summed E-state index contributed by atoms with van der Waals surface area (Å²) in [4.78, 5) is 0. The molecule has 1 heterocycles. The Morgan fingerprint density at radius 2 is 2.00 bits per heavy atom. The first-order valence-corrected chi connectivity index (χ1v) is 4.27. The molecule has 0 bridgehead atoms. The monoisotopic (exact) mass is 158 g/mol. The van der Waals surface area contributed by atoms with Crippen LogP contribution in [-0.2, 0) is 9.47 Å². The number of ether oxygens (including phenoxy) is 2. The van der Waals surface area contributed by atoms with Gasteiger partial charge in [0.05, 0.1) is 12.2 Å². The highest BCUT2D eigenvalue weighted by atomic mass is 16.7. The SMILES string of the molecule is C[C@@H]1CO[C@@H](OC(C)(C)C)C1. The molecular weight excluding hydrogens is 140 g/mol. The summed E-state index contributed by atoms with van der Waals surface area (Å²) in [6, 6.07) is 0.